The second-order valence-electron chi connectivity index (χ2n) is 5.45. The second kappa shape index (κ2) is 6.71. The number of hydrogen-bond donors (Lipinski definition) is 0. The van der Waals surface area contributed by atoms with Crippen molar-refractivity contribution in [3.63, 3.8) is 0 Å². The molecule has 1 aliphatic heterocycles. The molecular weight excluding hydrogens is 238 g/mol. The van der Waals surface area contributed by atoms with Gasteiger partial charge in [0, 0.05) is 25.1 Å². The number of piperidine rings is 1. The number of ketones is 1. The van der Waals surface area contributed by atoms with E-state index in [4.69, 9.17) is 4.74 Å². The molecular formula is C16H23NO2. The topological polar surface area (TPSA) is 29.5 Å². The molecule has 1 unspecified atom stereocenters. The Morgan fingerprint density at radius 1 is 1.37 bits per heavy atom. The molecule has 2 rings (SSSR count). The third-order valence-electron chi connectivity index (χ3n) is 3.81. The first-order valence-electron chi connectivity index (χ1n) is 7.08. The molecule has 0 bridgehead atoms. The molecule has 0 aliphatic carbocycles. The van der Waals surface area contributed by atoms with Crippen LogP contribution in [0.25, 0.3) is 0 Å². The Balaban J connectivity index is 1.83. The molecule has 1 saturated heterocycles. The molecule has 0 saturated carbocycles. The van der Waals surface area contributed by atoms with Crippen LogP contribution in [0, 0.1) is 5.92 Å². The maximum atomic E-state index is 12.1. The molecule has 1 aliphatic rings. The lowest BCUT2D eigenvalue weighted by atomic mass is 9.99. The lowest BCUT2D eigenvalue weighted by Crippen LogP contribution is -2.35. The van der Waals surface area contributed by atoms with Gasteiger partial charge in [0.05, 0.1) is 7.11 Å². The molecule has 1 heterocycles. The molecule has 1 aromatic rings. The van der Waals surface area contributed by atoms with Crippen molar-refractivity contribution in [3.05, 3.63) is 29.8 Å². The van der Waals surface area contributed by atoms with Crippen molar-refractivity contribution < 1.29 is 9.53 Å². The summed E-state index contributed by atoms with van der Waals surface area (Å²) in [4.78, 5) is 14.5. The summed E-state index contributed by atoms with van der Waals surface area (Å²) < 4.78 is 5.10. The lowest BCUT2D eigenvalue weighted by molar-refractivity contribution is 0.0949. The smallest absolute Gasteiger partial charge is 0.164 e. The summed E-state index contributed by atoms with van der Waals surface area (Å²) in [6.07, 6.45) is 3.19. The molecule has 19 heavy (non-hydrogen) atoms. The average Bonchev–Trinajstić information content (AvgIpc) is 2.45. The first-order chi connectivity index (χ1) is 9.19. The van der Waals surface area contributed by atoms with E-state index in [0.717, 1.165) is 36.9 Å². The third-order valence-corrected chi connectivity index (χ3v) is 3.81. The summed E-state index contributed by atoms with van der Waals surface area (Å²) in [7, 11) is 1.63. The zero-order valence-electron chi connectivity index (χ0n) is 11.9. The van der Waals surface area contributed by atoms with Gasteiger partial charge in [-0.25, -0.2) is 0 Å². The standard InChI is InChI=1S/C16H23NO2/c1-13-4-3-10-17(12-13)11-9-16(18)14-5-7-15(19-2)8-6-14/h5-8,13H,3-4,9-12H2,1-2H3. The number of rotatable bonds is 5. The van der Waals surface area contributed by atoms with Crippen LogP contribution in [0.4, 0.5) is 0 Å². The third kappa shape index (κ3) is 4.06. The van der Waals surface area contributed by atoms with Gasteiger partial charge in [-0.15, -0.1) is 0 Å². The summed E-state index contributed by atoms with van der Waals surface area (Å²) in [6.45, 7) is 5.45. The van der Waals surface area contributed by atoms with Crippen LogP contribution < -0.4 is 4.74 Å². The molecule has 104 valence electrons. The fourth-order valence-corrected chi connectivity index (χ4v) is 2.67. The summed E-state index contributed by atoms with van der Waals surface area (Å²) in [5.41, 5.74) is 0.783. The highest BCUT2D eigenvalue weighted by atomic mass is 16.5. The fraction of sp³-hybridized carbons (Fsp3) is 0.562. The van der Waals surface area contributed by atoms with Gasteiger partial charge in [-0.2, -0.15) is 0 Å². The minimum Gasteiger partial charge on any atom is -0.497 e. The van der Waals surface area contributed by atoms with Crippen molar-refractivity contribution >= 4 is 5.78 Å². The number of carbonyl (C=O) groups excluding carboxylic acids is 1. The molecule has 1 fully saturated rings. The van der Waals surface area contributed by atoms with E-state index >= 15 is 0 Å². The normalized spacial score (nSPS) is 20.2. The molecule has 0 spiro atoms. The van der Waals surface area contributed by atoms with E-state index in [1.54, 1.807) is 7.11 Å². The highest BCUT2D eigenvalue weighted by Gasteiger charge is 2.17. The molecule has 0 N–H and O–H groups in total. The maximum absolute atomic E-state index is 12.1. The van der Waals surface area contributed by atoms with Crippen molar-refractivity contribution in [2.24, 2.45) is 5.92 Å². The van der Waals surface area contributed by atoms with E-state index in [1.165, 1.54) is 12.8 Å². The van der Waals surface area contributed by atoms with Crippen LogP contribution in [0.3, 0.4) is 0 Å². The predicted molar refractivity (Wildman–Crippen MR) is 76.8 cm³/mol. The van der Waals surface area contributed by atoms with E-state index in [2.05, 4.69) is 11.8 Å². The summed E-state index contributed by atoms with van der Waals surface area (Å²) in [6, 6.07) is 7.38. The van der Waals surface area contributed by atoms with E-state index < -0.39 is 0 Å². The van der Waals surface area contributed by atoms with Gasteiger partial charge in [-0.05, 0) is 49.6 Å². The second-order valence-corrected chi connectivity index (χ2v) is 5.45. The molecule has 3 heteroatoms. The molecule has 0 aromatic heterocycles. The van der Waals surface area contributed by atoms with Gasteiger partial charge in [0.2, 0.25) is 0 Å². The fourth-order valence-electron chi connectivity index (χ4n) is 2.67. The van der Waals surface area contributed by atoms with Crippen molar-refractivity contribution in [3.8, 4) is 5.75 Å². The molecule has 1 aromatic carbocycles. The van der Waals surface area contributed by atoms with E-state index in [9.17, 15) is 4.79 Å². The maximum Gasteiger partial charge on any atom is 0.164 e. The Labute approximate surface area is 115 Å². The Hall–Kier alpha value is -1.35. The molecule has 3 nitrogen and oxygen atoms in total. The lowest BCUT2D eigenvalue weighted by Gasteiger charge is -2.30. The van der Waals surface area contributed by atoms with Crippen LogP contribution in [-0.4, -0.2) is 37.4 Å². The number of methoxy groups -OCH3 is 1. The van der Waals surface area contributed by atoms with Crippen molar-refractivity contribution in [1.29, 1.82) is 0 Å². The van der Waals surface area contributed by atoms with Gasteiger partial charge in [0.15, 0.2) is 5.78 Å². The van der Waals surface area contributed by atoms with Gasteiger partial charge in [-0.3, -0.25) is 4.79 Å². The van der Waals surface area contributed by atoms with Crippen LogP contribution in [0.15, 0.2) is 24.3 Å². The minimum atomic E-state index is 0.223. The highest BCUT2D eigenvalue weighted by Crippen LogP contribution is 2.17. The number of Topliss-reactive ketones (excluding diaryl/α,β-unsaturated/α-hetero) is 1. The number of benzene rings is 1. The van der Waals surface area contributed by atoms with E-state index in [0.29, 0.717) is 6.42 Å². The first-order valence-corrected chi connectivity index (χ1v) is 7.08. The zero-order chi connectivity index (χ0) is 13.7. The summed E-state index contributed by atoms with van der Waals surface area (Å²) in [5, 5.41) is 0. The summed E-state index contributed by atoms with van der Waals surface area (Å²) in [5.74, 6) is 1.78. The monoisotopic (exact) mass is 261 g/mol. The van der Waals surface area contributed by atoms with Crippen LogP contribution in [0.2, 0.25) is 0 Å². The zero-order valence-corrected chi connectivity index (χ0v) is 11.9. The van der Waals surface area contributed by atoms with Gasteiger partial charge < -0.3 is 9.64 Å². The molecule has 1 atom stereocenters. The first kappa shape index (κ1) is 14.1. The van der Waals surface area contributed by atoms with E-state index in [-0.39, 0.29) is 5.78 Å². The Morgan fingerprint density at radius 2 is 2.11 bits per heavy atom. The Bertz CT molecular complexity index is 413. The van der Waals surface area contributed by atoms with Crippen molar-refractivity contribution in [2.75, 3.05) is 26.7 Å². The van der Waals surface area contributed by atoms with Crippen molar-refractivity contribution in [1.82, 2.24) is 4.90 Å². The number of ether oxygens (including phenoxy) is 1. The Morgan fingerprint density at radius 3 is 2.74 bits per heavy atom. The number of nitrogens with zero attached hydrogens (tertiary/aromatic N) is 1. The largest absolute Gasteiger partial charge is 0.497 e. The van der Waals surface area contributed by atoms with Gasteiger partial charge in [0.1, 0.15) is 5.75 Å². The van der Waals surface area contributed by atoms with Gasteiger partial charge in [0.25, 0.3) is 0 Å². The highest BCUT2D eigenvalue weighted by molar-refractivity contribution is 5.96. The van der Waals surface area contributed by atoms with Crippen molar-refractivity contribution in [2.45, 2.75) is 26.2 Å². The molecule has 0 amide bonds. The van der Waals surface area contributed by atoms with Crippen LogP contribution in [0.1, 0.15) is 36.5 Å². The van der Waals surface area contributed by atoms with Gasteiger partial charge in [-0.1, -0.05) is 6.92 Å². The predicted octanol–water partition coefficient (Wildman–Crippen LogP) is 3.00. The SMILES string of the molecule is COc1ccc(C(=O)CCN2CCCC(C)C2)cc1. The van der Waals surface area contributed by atoms with E-state index in [1.807, 2.05) is 24.3 Å². The van der Waals surface area contributed by atoms with Crippen LogP contribution in [0.5, 0.6) is 5.75 Å². The minimum absolute atomic E-state index is 0.223. The number of carbonyl (C=O) groups is 1. The molecule has 0 radical (unpaired) electrons. The summed E-state index contributed by atoms with van der Waals surface area (Å²) >= 11 is 0. The van der Waals surface area contributed by atoms with Gasteiger partial charge >= 0.3 is 0 Å². The number of likely N-dealkylation sites (tertiary alicyclic amines) is 1. The van der Waals surface area contributed by atoms with Crippen LogP contribution >= 0.6 is 0 Å². The Kier molecular flexibility index (Phi) is 4.97. The number of hydrogen-bond acceptors (Lipinski definition) is 3. The average molecular weight is 261 g/mol. The van der Waals surface area contributed by atoms with Crippen LogP contribution in [-0.2, 0) is 0 Å². The quantitative estimate of drug-likeness (QED) is 0.763.